The van der Waals surface area contributed by atoms with Crippen LogP contribution >= 0.6 is 11.3 Å². The maximum atomic E-state index is 14.4. The molecule has 0 bridgehead atoms. The number of fused-ring (bicyclic) bond motifs is 1. The lowest BCUT2D eigenvalue weighted by Gasteiger charge is -2.25. The highest BCUT2D eigenvalue weighted by Gasteiger charge is 2.32. The molecule has 2 heterocycles. The molecule has 0 spiro atoms. The van der Waals surface area contributed by atoms with E-state index in [1.165, 1.54) is 11.3 Å². The second-order valence-electron chi connectivity index (χ2n) is 11.5. The summed E-state index contributed by atoms with van der Waals surface area (Å²) < 4.78 is 24.6. The van der Waals surface area contributed by atoms with Gasteiger partial charge in [0.15, 0.2) is 16.3 Å². The van der Waals surface area contributed by atoms with Gasteiger partial charge >= 0.3 is 5.97 Å². The van der Waals surface area contributed by atoms with Crippen LogP contribution in [-0.4, -0.2) is 36.8 Å². The van der Waals surface area contributed by atoms with E-state index in [0.717, 1.165) is 11.1 Å². The molecule has 0 fully saturated rings. The van der Waals surface area contributed by atoms with E-state index in [-0.39, 0.29) is 24.0 Å². The average molecular weight is 704 g/mol. The molecular weight excluding hydrogens is 667 g/mol. The van der Waals surface area contributed by atoms with Gasteiger partial charge in [-0.1, -0.05) is 65.9 Å². The third-order valence-corrected chi connectivity index (χ3v) is 9.15. The van der Waals surface area contributed by atoms with E-state index < -0.39 is 6.04 Å². The first-order chi connectivity index (χ1) is 24.8. The van der Waals surface area contributed by atoms with Crippen molar-refractivity contribution in [2.45, 2.75) is 33.4 Å². The molecule has 0 radical (unpaired) electrons. The molecule has 11 heteroatoms. The minimum Gasteiger partial charge on any atom is -0.494 e. The van der Waals surface area contributed by atoms with E-state index in [2.05, 4.69) is 5.32 Å². The molecule has 0 aliphatic carbocycles. The van der Waals surface area contributed by atoms with Gasteiger partial charge < -0.3 is 24.3 Å². The molecule has 5 aromatic rings. The Balaban J connectivity index is 1.39. The topological polar surface area (TPSA) is 117 Å². The van der Waals surface area contributed by atoms with Crippen LogP contribution in [0.1, 0.15) is 53.9 Å². The largest absolute Gasteiger partial charge is 0.494 e. The van der Waals surface area contributed by atoms with Crippen molar-refractivity contribution in [2.24, 2.45) is 4.99 Å². The van der Waals surface area contributed by atoms with E-state index in [1.54, 1.807) is 74.1 Å². The van der Waals surface area contributed by atoms with Crippen LogP contribution in [0.4, 0.5) is 5.69 Å². The summed E-state index contributed by atoms with van der Waals surface area (Å²) in [7, 11) is 1.55. The van der Waals surface area contributed by atoms with Crippen molar-refractivity contribution in [1.29, 1.82) is 0 Å². The molecule has 0 saturated carbocycles. The Kier molecular flexibility index (Phi) is 10.8. The third-order valence-electron chi connectivity index (χ3n) is 8.17. The smallest absolute Gasteiger partial charge is 0.338 e. The van der Waals surface area contributed by atoms with Gasteiger partial charge in [-0.15, -0.1) is 0 Å². The molecule has 51 heavy (non-hydrogen) atoms. The van der Waals surface area contributed by atoms with E-state index in [4.69, 9.17) is 23.9 Å². The minimum absolute atomic E-state index is 0.183. The fourth-order valence-electron chi connectivity index (χ4n) is 5.77. The summed E-state index contributed by atoms with van der Waals surface area (Å²) in [6, 6.07) is 28.3. The molecule has 1 amide bonds. The number of nitrogens with zero attached hydrogens (tertiary/aromatic N) is 2. The van der Waals surface area contributed by atoms with Crippen LogP contribution in [0, 0.1) is 0 Å². The van der Waals surface area contributed by atoms with Crippen molar-refractivity contribution >= 4 is 35.0 Å². The number of allylic oxidation sites excluding steroid dienone is 1. The number of rotatable bonds is 12. The molecule has 1 atom stereocenters. The van der Waals surface area contributed by atoms with Crippen molar-refractivity contribution in [3.8, 4) is 17.2 Å². The highest BCUT2D eigenvalue weighted by Crippen LogP contribution is 2.34. The van der Waals surface area contributed by atoms with Crippen LogP contribution < -0.4 is 34.4 Å². The van der Waals surface area contributed by atoms with Gasteiger partial charge in [-0.2, -0.15) is 0 Å². The van der Waals surface area contributed by atoms with Gasteiger partial charge in [0.1, 0.15) is 12.4 Å². The van der Waals surface area contributed by atoms with Gasteiger partial charge in [0.2, 0.25) is 0 Å². The number of carbonyl (C=O) groups excluding carboxylic acids is 2. The number of methoxy groups -OCH3 is 1. The summed E-state index contributed by atoms with van der Waals surface area (Å²) in [6.45, 7) is 6.44. The standard InChI is InChI=1S/C40H37N3O7S/c1-5-48-31-21-19-27(20-22-31)35-34(37(44)42-30-12-8-7-9-13-30)25(3)41-40-43(35)38(45)33(51-40)23-29-11-10-14-32(47-4)36(29)50-24-26-15-17-28(18-16-26)39(46)49-6-2/h7-23,35H,5-6,24H2,1-4H3,(H,42,44)/b33-23-/t35-/m0/s1. The van der Waals surface area contributed by atoms with Crippen molar-refractivity contribution in [1.82, 2.24) is 4.57 Å². The zero-order chi connectivity index (χ0) is 35.9. The van der Waals surface area contributed by atoms with E-state index in [0.29, 0.717) is 67.9 Å². The number of benzene rings is 4. The average Bonchev–Trinajstić information content (AvgIpc) is 3.44. The van der Waals surface area contributed by atoms with Crippen LogP contribution in [0.25, 0.3) is 6.08 Å². The van der Waals surface area contributed by atoms with Gasteiger partial charge in [0.25, 0.3) is 11.5 Å². The fraction of sp³-hybridized carbons (Fsp3) is 0.200. The summed E-state index contributed by atoms with van der Waals surface area (Å²) in [4.78, 5) is 45.6. The number of nitrogens with one attached hydrogen (secondary N) is 1. The summed E-state index contributed by atoms with van der Waals surface area (Å²) >= 11 is 1.23. The highest BCUT2D eigenvalue weighted by molar-refractivity contribution is 7.07. The van der Waals surface area contributed by atoms with Crippen molar-refractivity contribution in [3.05, 3.63) is 150 Å². The molecule has 6 rings (SSSR count). The lowest BCUT2D eigenvalue weighted by molar-refractivity contribution is -0.113. The van der Waals surface area contributed by atoms with Gasteiger partial charge in [-0.3, -0.25) is 14.2 Å². The Morgan fingerprint density at radius 2 is 1.65 bits per heavy atom. The molecule has 1 aliphatic rings. The fourth-order valence-corrected chi connectivity index (χ4v) is 6.81. The summed E-state index contributed by atoms with van der Waals surface area (Å²) in [5.74, 6) is 0.881. The van der Waals surface area contributed by atoms with E-state index in [9.17, 15) is 14.4 Å². The predicted octanol–water partition coefficient (Wildman–Crippen LogP) is 6.04. The molecule has 4 aromatic carbocycles. The first kappa shape index (κ1) is 34.9. The summed E-state index contributed by atoms with van der Waals surface area (Å²) in [5.41, 5.74) is 3.83. The van der Waals surface area contributed by atoms with E-state index in [1.807, 2.05) is 61.5 Å². The van der Waals surface area contributed by atoms with E-state index >= 15 is 0 Å². The van der Waals surface area contributed by atoms with Crippen LogP contribution in [0.3, 0.4) is 0 Å². The zero-order valence-corrected chi connectivity index (χ0v) is 29.5. The first-order valence-electron chi connectivity index (χ1n) is 16.5. The van der Waals surface area contributed by atoms with Crippen molar-refractivity contribution in [3.63, 3.8) is 0 Å². The summed E-state index contributed by atoms with van der Waals surface area (Å²) in [5, 5.41) is 2.98. The number of para-hydroxylation sites is 2. The monoisotopic (exact) mass is 703 g/mol. The maximum Gasteiger partial charge on any atom is 0.338 e. The van der Waals surface area contributed by atoms with Crippen molar-refractivity contribution in [2.75, 3.05) is 25.6 Å². The van der Waals surface area contributed by atoms with Crippen LogP contribution in [0.15, 0.2) is 118 Å². The highest BCUT2D eigenvalue weighted by atomic mass is 32.1. The SMILES string of the molecule is CCOC(=O)c1ccc(COc2c(/C=c3\sc4n(c3=O)[C@@H](c3ccc(OCC)cc3)C(C(=O)Nc3ccccc3)=C(C)N=4)cccc2OC)cc1. The number of carbonyl (C=O) groups is 2. The summed E-state index contributed by atoms with van der Waals surface area (Å²) in [6.07, 6.45) is 1.75. The number of ether oxygens (including phenoxy) is 4. The molecule has 1 aliphatic heterocycles. The second-order valence-corrected chi connectivity index (χ2v) is 12.5. The third kappa shape index (κ3) is 7.63. The van der Waals surface area contributed by atoms with Gasteiger partial charge in [0.05, 0.1) is 47.7 Å². The van der Waals surface area contributed by atoms with Crippen molar-refractivity contribution < 1.29 is 28.5 Å². The molecular formula is C40H37N3O7S. The quantitative estimate of drug-likeness (QED) is 0.158. The minimum atomic E-state index is -0.749. The normalized spacial score (nSPS) is 14.0. The Morgan fingerprint density at radius 1 is 0.902 bits per heavy atom. The molecule has 1 N–H and O–H groups in total. The zero-order valence-electron chi connectivity index (χ0n) is 28.7. The van der Waals surface area contributed by atoms with Gasteiger partial charge in [0, 0.05) is 11.3 Å². The van der Waals surface area contributed by atoms with Crippen LogP contribution in [-0.2, 0) is 16.1 Å². The Morgan fingerprint density at radius 3 is 2.33 bits per heavy atom. The van der Waals surface area contributed by atoms with Gasteiger partial charge in [-0.25, -0.2) is 9.79 Å². The predicted molar refractivity (Wildman–Crippen MR) is 196 cm³/mol. The number of esters is 1. The Labute approximate surface area is 298 Å². The molecule has 1 aromatic heterocycles. The molecule has 10 nitrogen and oxygen atoms in total. The number of amides is 1. The lowest BCUT2D eigenvalue weighted by atomic mass is 9.95. The van der Waals surface area contributed by atoms with Crippen LogP contribution in [0.2, 0.25) is 0 Å². The Hall–Kier alpha value is -5.94. The number of aromatic nitrogens is 1. The first-order valence-corrected chi connectivity index (χ1v) is 17.3. The number of hydrogen-bond acceptors (Lipinski definition) is 9. The molecule has 260 valence electrons. The number of anilines is 1. The Bertz CT molecular complexity index is 2260. The van der Waals surface area contributed by atoms with Crippen LogP contribution in [0.5, 0.6) is 17.2 Å². The molecule has 0 unspecified atom stereocenters. The lowest BCUT2D eigenvalue weighted by Crippen LogP contribution is -2.40. The molecule has 0 saturated heterocycles. The maximum absolute atomic E-state index is 14.4. The number of thiazole rings is 1. The van der Waals surface area contributed by atoms with Gasteiger partial charge in [-0.05, 0) is 80.4 Å². The number of hydrogen-bond donors (Lipinski definition) is 1. The second kappa shape index (κ2) is 15.7.